The number of aryl methyl sites for hydroxylation is 1. The summed E-state index contributed by atoms with van der Waals surface area (Å²) >= 11 is 3.39. The topological polar surface area (TPSA) is 33.4 Å². The number of imidazole rings is 1. The molecule has 0 saturated carbocycles. The highest BCUT2D eigenvalue weighted by Crippen LogP contribution is 2.24. The van der Waals surface area contributed by atoms with Crippen molar-refractivity contribution in [1.82, 2.24) is 14.6 Å². The zero-order valence-electron chi connectivity index (χ0n) is 9.62. The zero-order valence-corrected chi connectivity index (χ0v) is 11.3. The molecule has 17 heavy (non-hydrogen) atoms. The van der Waals surface area contributed by atoms with Gasteiger partial charge >= 0.3 is 0 Å². The standard InChI is InChI=1S/C11H12N4S2/c1-8-6-15-10(12-8)17-11(13-15)14(2)7-9-4-3-5-16-9/h3-6H,7H2,1-2H3. The Kier molecular flexibility index (Phi) is 2.60. The zero-order chi connectivity index (χ0) is 11.8. The van der Waals surface area contributed by atoms with Gasteiger partial charge in [0.05, 0.1) is 18.4 Å². The third-order valence-electron chi connectivity index (χ3n) is 2.45. The van der Waals surface area contributed by atoms with Crippen molar-refractivity contribution in [2.24, 2.45) is 0 Å². The summed E-state index contributed by atoms with van der Waals surface area (Å²) in [7, 11) is 2.06. The molecule has 0 atom stereocenters. The van der Waals surface area contributed by atoms with Crippen LogP contribution in [-0.4, -0.2) is 21.6 Å². The molecule has 4 nitrogen and oxygen atoms in total. The van der Waals surface area contributed by atoms with Gasteiger partial charge in [0, 0.05) is 11.9 Å². The molecule has 0 aromatic carbocycles. The molecule has 0 aliphatic rings. The van der Waals surface area contributed by atoms with E-state index in [-0.39, 0.29) is 0 Å². The quantitative estimate of drug-likeness (QED) is 0.729. The Bertz CT molecular complexity index is 592. The molecule has 0 saturated heterocycles. The maximum atomic E-state index is 4.52. The van der Waals surface area contributed by atoms with Crippen LogP contribution >= 0.6 is 22.7 Å². The molecular formula is C11H12N4S2. The Morgan fingerprint density at radius 1 is 1.47 bits per heavy atom. The van der Waals surface area contributed by atoms with E-state index in [1.807, 2.05) is 17.6 Å². The minimum absolute atomic E-state index is 0.896. The van der Waals surface area contributed by atoms with Crippen molar-refractivity contribution in [2.75, 3.05) is 11.9 Å². The third-order valence-corrected chi connectivity index (χ3v) is 4.35. The molecule has 3 heterocycles. The predicted octanol–water partition coefficient (Wildman–Crippen LogP) is 2.80. The second-order valence-corrected chi connectivity index (χ2v) is 5.90. The van der Waals surface area contributed by atoms with Crippen LogP contribution in [0.1, 0.15) is 10.6 Å². The van der Waals surface area contributed by atoms with Gasteiger partial charge in [-0.3, -0.25) is 0 Å². The fourth-order valence-corrected chi connectivity index (χ4v) is 3.30. The first-order valence-electron chi connectivity index (χ1n) is 5.29. The number of rotatable bonds is 3. The van der Waals surface area contributed by atoms with Gasteiger partial charge in [-0.1, -0.05) is 17.4 Å². The number of aromatic nitrogens is 3. The van der Waals surface area contributed by atoms with Crippen molar-refractivity contribution in [1.29, 1.82) is 0 Å². The summed E-state index contributed by atoms with van der Waals surface area (Å²) < 4.78 is 1.85. The van der Waals surface area contributed by atoms with Gasteiger partial charge in [-0.2, -0.15) is 0 Å². The molecule has 0 amide bonds. The monoisotopic (exact) mass is 264 g/mol. The van der Waals surface area contributed by atoms with Crippen LogP contribution in [-0.2, 0) is 6.54 Å². The van der Waals surface area contributed by atoms with Crippen molar-refractivity contribution >= 4 is 32.8 Å². The van der Waals surface area contributed by atoms with Crippen LogP contribution in [0.3, 0.4) is 0 Å². The number of anilines is 1. The van der Waals surface area contributed by atoms with E-state index in [4.69, 9.17) is 0 Å². The lowest BCUT2D eigenvalue weighted by Crippen LogP contribution is -2.15. The van der Waals surface area contributed by atoms with Gasteiger partial charge in [-0.15, -0.1) is 16.4 Å². The van der Waals surface area contributed by atoms with Gasteiger partial charge in [-0.05, 0) is 18.4 Å². The summed E-state index contributed by atoms with van der Waals surface area (Å²) in [6.07, 6.45) is 1.95. The molecule has 3 rings (SSSR count). The normalized spacial score (nSPS) is 11.2. The van der Waals surface area contributed by atoms with Gasteiger partial charge in [0.15, 0.2) is 0 Å². The fourth-order valence-electron chi connectivity index (χ4n) is 1.66. The molecule has 0 spiro atoms. The van der Waals surface area contributed by atoms with E-state index in [2.05, 4.69) is 39.5 Å². The molecule has 88 valence electrons. The van der Waals surface area contributed by atoms with E-state index >= 15 is 0 Å². The molecular weight excluding hydrogens is 252 g/mol. The van der Waals surface area contributed by atoms with E-state index in [9.17, 15) is 0 Å². The Morgan fingerprint density at radius 2 is 2.35 bits per heavy atom. The summed E-state index contributed by atoms with van der Waals surface area (Å²) in [5.41, 5.74) is 1.01. The van der Waals surface area contributed by atoms with Crippen LogP contribution in [0.2, 0.25) is 0 Å². The Morgan fingerprint density at radius 3 is 3.06 bits per heavy atom. The summed E-state index contributed by atoms with van der Waals surface area (Å²) in [5, 5.41) is 7.62. The summed E-state index contributed by atoms with van der Waals surface area (Å²) in [6.45, 7) is 2.88. The summed E-state index contributed by atoms with van der Waals surface area (Å²) in [4.78, 5) is 8.86. The largest absolute Gasteiger partial charge is 0.345 e. The van der Waals surface area contributed by atoms with E-state index in [0.29, 0.717) is 0 Å². The van der Waals surface area contributed by atoms with Gasteiger partial charge in [0.2, 0.25) is 10.1 Å². The second kappa shape index (κ2) is 4.12. The SMILES string of the molecule is Cc1cn2nc(N(C)Cc3cccs3)sc2n1. The fraction of sp³-hybridized carbons (Fsp3) is 0.273. The molecule has 0 unspecified atom stereocenters. The van der Waals surface area contributed by atoms with Crippen molar-refractivity contribution < 1.29 is 0 Å². The van der Waals surface area contributed by atoms with E-state index in [1.165, 1.54) is 4.88 Å². The number of fused-ring (bicyclic) bond motifs is 1. The van der Waals surface area contributed by atoms with E-state index in [1.54, 1.807) is 22.7 Å². The number of nitrogens with zero attached hydrogens (tertiary/aromatic N) is 4. The minimum atomic E-state index is 0.896. The molecule has 6 heteroatoms. The smallest absolute Gasteiger partial charge is 0.214 e. The van der Waals surface area contributed by atoms with Gasteiger partial charge < -0.3 is 4.90 Å². The number of hydrogen-bond donors (Lipinski definition) is 0. The molecule has 3 aromatic rings. The number of thiophene rings is 1. The lowest BCUT2D eigenvalue weighted by Gasteiger charge is -2.13. The minimum Gasteiger partial charge on any atom is -0.345 e. The maximum absolute atomic E-state index is 4.52. The maximum Gasteiger partial charge on any atom is 0.214 e. The number of hydrogen-bond acceptors (Lipinski definition) is 5. The van der Waals surface area contributed by atoms with Crippen LogP contribution in [0.25, 0.3) is 4.96 Å². The first-order chi connectivity index (χ1) is 8.22. The van der Waals surface area contributed by atoms with Crippen molar-refractivity contribution in [2.45, 2.75) is 13.5 Å². The van der Waals surface area contributed by atoms with Crippen molar-refractivity contribution in [3.8, 4) is 0 Å². The van der Waals surface area contributed by atoms with Gasteiger partial charge in [0.1, 0.15) is 0 Å². The highest BCUT2D eigenvalue weighted by Gasteiger charge is 2.10. The van der Waals surface area contributed by atoms with Crippen LogP contribution in [0.4, 0.5) is 5.13 Å². The van der Waals surface area contributed by atoms with Crippen molar-refractivity contribution in [3.05, 3.63) is 34.3 Å². The Balaban J connectivity index is 1.85. The molecule has 3 aromatic heterocycles. The third kappa shape index (κ3) is 2.05. The highest BCUT2D eigenvalue weighted by molar-refractivity contribution is 7.20. The molecule has 0 fully saturated rings. The van der Waals surface area contributed by atoms with E-state index < -0.39 is 0 Å². The van der Waals surface area contributed by atoms with Gasteiger partial charge in [-0.25, -0.2) is 9.50 Å². The molecule has 0 radical (unpaired) electrons. The highest BCUT2D eigenvalue weighted by atomic mass is 32.1. The molecule has 0 aliphatic carbocycles. The first-order valence-corrected chi connectivity index (χ1v) is 6.98. The second-order valence-electron chi connectivity index (χ2n) is 3.93. The summed E-state index contributed by atoms with van der Waals surface area (Å²) in [5.74, 6) is 0. The van der Waals surface area contributed by atoms with Crippen LogP contribution in [0.15, 0.2) is 23.7 Å². The van der Waals surface area contributed by atoms with Crippen LogP contribution in [0.5, 0.6) is 0 Å². The molecule has 0 bridgehead atoms. The van der Waals surface area contributed by atoms with Crippen LogP contribution < -0.4 is 4.90 Å². The summed E-state index contributed by atoms with van der Waals surface area (Å²) in [6, 6.07) is 4.22. The molecule has 0 N–H and O–H groups in total. The average Bonchev–Trinajstić information content (AvgIpc) is 2.92. The predicted molar refractivity (Wildman–Crippen MR) is 72.0 cm³/mol. The first kappa shape index (κ1) is 10.7. The lowest BCUT2D eigenvalue weighted by molar-refractivity contribution is 0.878. The van der Waals surface area contributed by atoms with E-state index in [0.717, 1.165) is 22.3 Å². The van der Waals surface area contributed by atoms with Crippen molar-refractivity contribution in [3.63, 3.8) is 0 Å². The van der Waals surface area contributed by atoms with Crippen LogP contribution in [0, 0.1) is 6.92 Å². The van der Waals surface area contributed by atoms with Gasteiger partial charge in [0.25, 0.3) is 0 Å². The lowest BCUT2D eigenvalue weighted by atomic mass is 10.4. The average molecular weight is 264 g/mol. The Labute approximate surface area is 107 Å². The molecule has 0 aliphatic heterocycles. The Hall–Kier alpha value is -1.40.